The second-order valence-corrected chi connectivity index (χ2v) is 4.12. The number of nitrogens with zero attached hydrogens (tertiary/aromatic N) is 1. The molecule has 0 spiro atoms. The topological polar surface area (TPSA) is 52.6 Å². The number of piperazine rings is 1. The molecule has 0 aliphatic carbocycles. The Hall–Kier alpha value is -1.55. The number of nitrogens with one attached hydrogen (secondary N) is 1. The average molecular weight is 220 g/mol. The third-order valence-corrected chi connectivity index (χ3v) is 2.84. The fourth-order valence-electron chi connectivity index (χ4n) is 2.08. The monoisotopic (exact) mass is 220 g/mol. The number of rotatable bonds is 2. The van der Waals surface area contributed by atoms with Crippen molar-refractivity contribution in [2.75, 3.05) is 24.5 Å². The van der Waals surface area contributed by atoms with E-state index in [9.17, 15) is 4.79 Å². The summed E-state index contributed by atoms with van der Waals surface area (Å²) in [5.41, 5.74) is 1.21. The molecule has 1 saturated heterocycles. The van der Waals surface area contributed by atoms with Gasteiger partial charge in [0.05, 0.1) is 11.3 Å². The van der Waals surface area contributed by atoms with Crippen LogP contribution in [0, 0.1) is 0 Å². The van der Waals surface area contributed by atoms with Gasteiger partial charge in [-0.25, -0.2) is 4.79 Å². The van der Waals surface area contributed by atoms with Gasteiger partial charge < -0.3 is 15.3 Å². The molecule has 0 bridgehead atoms. The first-order valence-corrected chi connectivity index (χ1v) is 5.49. The van der Waals surface area contributed by atoms with Crippen LogP contribution in [0.1, 0.15) is 17.3 Å². The number of anilines is 1. The highest BCUT2D eigenvalue weighted by Gasteiger charge is 2.20. The van der Waals surface area contributed by atoms with E-state index in [4.69, 9.17) is 5.11 Å². The molecule has 2 N–H and O–H groups in total. The predicted molar refractivity (Wildman–Crippen MR) is 63.1 cm³/mol. The van der Waals surface area contributed by atoms with Gasteiger partial charge in [-0.05, 0) is 19.1 Å². The molecule has 1 unspecified atom stereocenters. The molecule has 1 heterocycles. The van der Waals surface area contributed by atoms with Crippen molar-refractivity contribution in [3.63, 3.8) is 0 Å². The molecule has 1 aromatic carbocycles. The van der Waals surface area contributed by atoms with Crippen molar-refractivity contribution in [1.29, 1.82) is 0 Å². The van der Waals surface area contributed by atoms with Crippen molar-refractivity contribution in [2.24, 2.45) is 0 Å². The smallest absolute Gasteiger partial charge is 0.337 e. The zero-order chi connectivity index (χ0) is 11.5. The Bertz CT molecular complexity index is 392. The zero-order valence-corrected chi connectivity index (χ0v) is 9.31. The first kappa shape index (κ1) is 11.0. The van der Waals surface area contributed by atoms with Crippen molar-refractivity contribution >= 4 is 11.7 Å². The number of hydrogen-bond acceptors (Lipinski definition) is 3. The molecule has 2 rings (SSSR count). The van der Waals surface area contributed by atoms with E-state index in [0.717, 1.165) is 25.3 Å². The number of carboxylic acid groups (broad SMARTS) is 1. The lowest BCUT2D eigenvalue weighted by Crippen LogP contribution is -2.49. The van der Waals surface area contributed by atoms with Crippen molar-refractivity contribution < 1.29 is 9.90 Å². The van der Waals surface area contributed by atoms with Gasteiger partial charge >= 0.3 is 5.97 Å². The highest BCUT2D eigenvalue weighted by Crippen LogP contribution is 2.21. The number of carbonyl (C=O) groups is 1. The molecule has 0 radical (unpaired) electrons. The molecule has 4 nitrogen and oxygen atoms in total. The average Bonchev–Trinajstić information content (AvgIpc) is 2.29. The quantitative estimate of drug-likeness (QED) is 0.786. The lowest BCUT2D eigenvalue weighted by Gasteiger charge is -2.34. The van der Waals surface area contributed by atoms with E-state index in [-0.39, 0.29) is 0 Å². The summed E-state index contributed by atoms with van der Waals surface area (Å²) in [5, 5.41) is 12.5. The number of benzene rings is 1. The minimum atomic E-state index is -0.859. The van der Waals surface area contributed by atoms with Crippen molar-refractivity contribution in [2.45, 2.75) is 13.0 Å². The SMILES string of the molecule is CC1CN(c2ccccc2C(=O)O)CCN1. The summed E-state index contributed by atoms with van der Waals surface area (Å²) in [6.45, 7) is 4.71. The van der Waals surface area contributed by atoms with E-state index in [2.05, 4.69) is 17.1 Å². The van der Waals surface area contributed by atoms with Crippen molar-refractivity contribution in [1.82, 2.24) is 5.32 Å². The Morgan fingerprint density at radius 3 is 2.94 bits per heavy atom. The lowest BCUT2D eigenvalue weighted by molar-refractivity contribution is 0.0697. The molecular weight excluding hydrogens is 204 g/mol. The van der Waals surface area contributed by atoms with Crippen LogP contribution in [0.4, 0.5) is 5.69 Å². The Labute approximate surface area is 94.9 Å². The molecule has 16 heavy (non-hydrogen) atoms. The second kappa shape index (κ2) is 4.53. The van der Waals surface area contributed by atoms with Gasteiger partial charge in [-0.2, -0.15) is 0 Å². The number of aromatic carboxylic acids is 1. The maximum Gasteiger partial charge on any atom is 0.337 e. The summed E-state index contributed by atoms with van der Waals surface area (Å²) in [4.78, 5) is 13.2. The number of carboxylic acids is 1. The van der Waals surface area contributed by atoms with E-state index in [1.165, 1.54) is 0 Å². The highest BCUT2D eigenvalue weighted by molar-refractivity contribution is 5.94. The first-order chi connectivity index (χ1) is 7.68. The van der Waals surface area contributed by atoms with E-state index in [1.807, 2.05) is 12.1 Å². The Morgan fingerprint density at radius 2 is 2.25 bits per heavy atom. The summed E-state index contributed by atoms with van der Waals surface area (Å²) >= 11 is 0. The van der Waals surface area contributed by atoms with Crippen LogP contribution < -0.4 is 10.2 Å². The Balaban J connectivity index is 2.28. The van der Waals surface area contributed by atoms with Crippen LogP contribution in [0.25, 0.3) is 0 Å². The third-order valence-electron chi connectivity index (χ3n) is 2.84. The number of para-hydroxylation sites is 1. The van der Waals surface area contributed by atoms with Crippen LogP contribution in [-0.4, -0.2) is 36.8 Å². The minimum absolute atomic E-state index is 0.386. The van der Waals surface area contributed by atoms with Crippen LogP contribution in [0.3, 0.4) is 0 Å². The standard InChI is InChI=1S/C12H16N2O2/c1-9-8-14(7-6-13-9)11-5-3-2-4-10(11)12(15)16/h2-5,9,13H,6-8H2,1H3,(H,15,16). The predicted octanol–water partition coefficient (Wildman–Crippen LogP) is 1.18. The molecule has 1 aliphatic heterocycles. The molecule has 1 atom stereocenters. The molecule has 0 saturated carbocycles. The normalized spacial score (nSPS) is 20.8. The van der Waals surface area contributed by atoms with Crippen LogP contribution in [-0.2, 0) is 0 Å². The van der Waals surface area contributed by atoms with Gasteiger partial charge in [-0.1, -0.05) is 12.1 Å². The van der Waals surface area contributed by atoms with E-state index < -0.39 is 5.97 Å². The maximum atomic E-state index is 11.1. The Kier molecular flexibility index (Phi) is 3.10. The van der Waals surface area contributed by atoms with Crippen molar-refractivity contribution in [3.05, 3.63) is 29.8 Å². The summed E-state index contributed by atoms with van der Waals surface area (Å²) in [6.07, 6.45) is 0. The van der Waals surface area contributed by atoms with Gasteiger partial charge in [0.2, 0.25) is 0 Å². The molecule has 0 amide bonds. The third kappa shape index (κ3) is 2.17. The van der Waals surface area contributed by atoms with Gasteiger partial charge in [0.1, 0.15) is 0 Å². The van der Waals surface area contributed by atoms with Crippen LogP contribution >= 0.6 is 0 Å². The molecule has 0 aromatic heterocycles. The Morgan fingerprint density at radius 1 is 1.50 bits per heavy atom. The minimum Gasteiger partial charge on any atom is -0.478 e. The van der Waals surface area contributed by atoms with E-state index in [0.29, 0.717) is 11.6 Å². The van der Waals surface area contributed by atoms with Gasteiger partial charge in [-0.15, -0.1) is 0 Å². The summed E-state index contributed by atoms with van der Waals surface area (Å²) in [5.74, 6) is -0.859. The summed E-state index contributed by atoms with van der Waals surface area (Å²) in [7, 11) is 0. The number of hydrogen-bond donors (Lipinski definition) is 2. The second-order valence-electron chi connectivity index (χ2n) is 4.12. The van der Waals surface area contributed by atoms with Gasteiger partial charge in [0, 0.05) is 25.7 Å². The largest absolute Gasteiger partial charge is 0.478 e. The molecule has 1 aliphatic rings. The van der Waals surface area contributed by atoms with Gasteiger partial charge in [0.15, 0.2) is 0 Å². The maximum absolute atomic E-state index is 11.1. The van der Waals surface area contributed by atoms with E-state index >= 15 is 0 Å². The zero-order valence-electron chi connectivity index (χ0n) is 9.31. The molecule has 86 valence electrons. The molecule has 4 heteroatoms. The molecular formula is C12H16N2O2. The van der Waals surface area contributed by atoms with Crippen LogP contribution in [0.2, 0.25) is 0 Å². The molecule has 1 aromatic rings. The summed E-state index contributed by atoms with van der Waals surface area (Å²) < 4.78 is 0. The summed E-state index contributed by atoms with van der Waals surface area (Å²) in [6, 6.07) is 7.58. The van der Waals surface area contributed by atoms with Crippen molar-refractivity contribution in [3.8, 4) is 0 Å². The van der Waals surface area contributed by atoms with Crippen LogP contribution in [0.15, 0.2) is 24.3 Å². The fraction of sp³-hybridized carbons (Fsp3) is 0.417. The lowest BCUT2D eigenvalue weighted by atomic mass is 10.1. The first-order valence-electron chi connectivity index (χ1n) is 5.49. The van der Waals surface area contributed by atoms with E-state index in [1.54, 1.807) is 12.1 Å². The van der Waals surface area contributed by atoms with Crippen LogP contribution in [0.5, 0.6) is 0 Å². The highest BCUT2D eigenvalue weighted by atomic mass is 16.4. The van der Waals surface area contributed by atoms with Gasteiger partial charge in [0.25, 0.3) is 0 Å². The fourth-order valence-corrected chi connectivity index (χ4v) is 2.08. The van der Waals surface area contributed by atoms with Gasteiger partial charge in [-0.3, -0.25) is 0 Å². The molecule has 1 fully saturated rings.